The van der Waals surface area contributed by atoms with Crippen LogP contribution in [0.5, 0.6) is 0 Å². The zero-order valence-corrected chi connectivity index (χ0v) is 9.88. The molecule has 1 saturated carbocycles. The Kier molecular flexibility index (Phi) is 4.54. The van der Waals surface area contributed by atoms with Crippen molar-refractivity contribution in [2.75, 3.05) is 33.4 Å². The smallest absolute Gasteiger partial charge is 0.0911 e. The zero-order valence-electron chi connectivity index (χ0n) is 9.88. The summed E-state index contributed by atoms with van der Waals surface area (Å²) >= 11 is 0. The van der Waals surface area contributed by atoms with Crippen molar-refractivity contribution in [1.82, 2.24) is 4.90 Å². The van der Waals surface area contributed by atoms with Crippen molar-refractivity contribution in [2.24, 2.45) is 11.1 Å². The van der Waals surface area contributed by atoms with Crippen molar-refractivity contribution >= 4 is 5.84 Å². The molecule has 0 atom stereocenters. The highest BCUT2D eigenvalue weighted by molar-refractivity contribution is 5.78. The van der Waals surface area contributed by atoms with Crippen molar-refractivity contribution in [1.29, 1.82) is 5.41 Å². The number of rotatable bonds is 8. The molecule has 0 aromatic carbocycles. The molecule has 0 aliphatic heterocycles. The minimum Gasteiger partial charge on any atom is -0.388 e. The molecule has 4 nitrogen and oxygen atoms in total. The van der Waals surface area contributed by atoms with E-state index in [9.17, 15) is 0 Å². The molecule has 1 rings (SSSR count). The van der Waals surface area contributed by atoms with Crippen LogP contribution in [0.4, 0.5) is 0 Å². The van der Waals surface area contributed by atoms with Crippen LogP contribution < -0.4 is 5.73 Å². The van der Waals surface area contributed by atoms with Crippen LogP contribution in [0.1, 0.15) is 26.2 Å². The van der Waals surface area contributed by atoms with Crippen molar-refractivity contribution in [3.05, 3.63) is 0 Å². The minimum absolute atomic E-state index is 0.315. The van der Waals surface area contributed by atoms with Gasteiger partial charge in [0.25, 0.3) is 0 Å². The average Bonchev–Trinajstić information content (AvgIpc) is 2.91. The molecular formula is C11H23N3O. The number of nitrogens with two attached hydrogens (primary N) is 1. The molecule has 0 heterocycles. The Bertz CT molecular complexity index is 214. The standard InChI is InChI=1S/C11H23N3O/c1-3-14(6-7-15-2)9-11(4-5-11)8-10(12)13/h3-9H2,1-2H3,(H3,12,13). The van der Waals surface area contributed by atoms with Gasteiger partial charge in [0.2, 0.25) is 0 Å². The van der Waals surface area contributed by atoms with Crippen LogP contribution in [-0.4, -0.2) is 44.1 Å². The molecule has 0 aromatic rings. The van der Waals surface area contributed by atoms with E-state index >= 15 is 0 Å². The van der Waals surface area contributed by atoms with Crippen LogP contribution in [0, 0.1) is 10.8 Å². The fourth-order valence-corrected chi connectivity index (χ4v) is 2.02. The van der Waals surface area contributed by atoms with Crippen LogP contribution in [0.2, 0.25) is 0 Å². The molecule has 0 bridgehead atoms. The number of likely N-dealkylation sites (N-methyl/N-ethyl adjacent to an activating group) is 1. The maximum Gasteiger partial charge on any atom is 0.0911 e. The van der Waals surface area contributed by atoms with E-state index in [1.807, 2.05) is 0 Å². The first kappa shape index (κ1) is 12.5. The van der Waals surface area contributed by atoms with Gasteiger partial charge < -0.3 is 15.4 Å². The number of methoxy groups -OCH3 is 1. The molecule has 0 aromatic heterocycles. The Labute approximate surface area is 92.3 Å². The molecule has 88 valence electrons. The van der Waals surface area contributed by atoms with E-state index in [4.69, 9.17) is 15.9 Å². The van der Waals surface area contributed by atoms with Gasteiger partial charge in [0.15, 0.2) is 0 Å². The Morgan fingerprint density at radius 2 is 2.20 bits per heavy atom. The molecule has 0 amide bonds. The van der Waals surface area contributed by atoms with Crippen LogP contribution in [0.3, 0.4) is 0 Å². The molecule has 4 heteroatoms. The molecule has 1 aliphatic carbocycles. The summed E-state index contributed by atoms with van der Waals surface area (Å²) in [5.74, 6) is 0.329. The SMILES string of the molecule is CCN(CCOC)CC1(CC(=N)N)CC1. The van der Waals surface area contributed by atoms with Gasteiger partial charge >= 0.3 is 0 Å². The third kappa shape index (κ3) is 4.18. The highest BCUT2D eigenvalue weighted by Crippen LogP contribution is 2.49. The van der Waals surface area contributed by atoms with E-state index in [1.165, 1.54) is 12.8 Å². The second-order valence-corrected chi connectivity index (χ2v) is 4.56. The molecule has 0 unspecified atom stereocenters. The number of nitrogens with one attached hydrogen (secondary N) is 1. The second kappa shape index (κ2) is 5.47. The summed E-state index contributed by atoms with van der Waals surface area (Å²) in [4.78, 5) is 2.39. The van der Waals surface area contributed by atoms with E-state index in [0.29, 0.717) is 11.3 Å². The first-order valence-electron chi connectivity index (χ1n) is 5.66. The summed E-state index contributed by atoms with van der Waals surface area (Å²) in [5, 5.41) is 7.36. The van der Waals surface area contributed by atoms with E-state index in [0.717, 1.165) is 32.7 Å². The lowest BCUT2D eigenvalue weighted by atomic mass is 10.0. The number of hydrogen-bond donors (Lipinski definition) is 2. The maximum atomic E-state index is 7.36. The summed E-state index contributed by atoms with van der Waals surface area (Å²) in [6, 6.07) is 0. The number of amidine groups is 1. The normalized spacial score (nSPS) is 18.1. The number of ether oxygens (including phenoxy) is 1. The lowest BCUT2D eigenvalue weighted by molar-refractivity contribution is 0.137. The average molecular weight is 213 g/mol. The van der Waals surface area contributed by atoms with Crippen LogP contribution in [0.15, 0.2) is 0 Å². The second-order valence-electron chi connectivity index (χ2n) is 4.56. The summed E-state index contributed by atoms with van der Waals surface area (Å²) in [6.45, 7) is 6.03. The highest BCUT2D eigenvalue weighted by atomic mass is 16.5. The fraction of sp³-hybridized carbons (Fsp3) is 0.909. The van der Waals surface area contributed by atoms with Crippen molar-refractivity contribution in [3.8, 4) is 0 Å². The van der Waals surface area contributed by atoms with Gasteiger partial charge in [-0.2, -0.15) is 0 Å². The van der Waals surface area contributed by atoms with Crippen LogP contribution >= 0.6 is 0 Å². The third-order valence-corrected chi connectivity index (χ3v) is 3.14. The molecule has 1 fully saturated rings. The molecule has 1 aliphatic rings. The highest BCUT2D eigenvalue weighted by Gasteiger charge is 2.43. The largest absolute Gasteiger partial charge is 0.388 e. The molecule has 0 saturated heterocycles. The van der Waals surface area contributed by atoms with Gasteiger partial charge in [-0.05, 0) is 24.8 Å². The van der Waals surface area contributed by atoms with Gasteiger partial charge in [-0.15, -0.1) is 0 Å². The summed E-state index contributed by atoms with van der Waals surface area (Å²) < 4.78 is 5.08. The van der Waals surface area contributed by atoms with Crippen LogP contribution in [-0.2, 0) is 4.74 Å². The predicted octanol–water partition coefficient (Wildman–Crippen LogP) is 1.06. The quantitative estimate of drug-likeness (QED) is 0.468. The molecular weight excluding hydrogens is 190 g/mol. The summed E-state index contributed by atoms with van der Waals surface area (Å²) in [5.41, 5.74) is 5.79. The number of hydrogen-bond acceptors (Lipinski definition) is 3. The topological polar surface area (TPSA) is 62.3 Å². The van der Waals surface area contributed by atoms with Gasteiger partial charge in [-0.25, -0.2) is 0 Å². The Balaban J connectivity index is 2.33. The van der Waals surface area contributed by atoms with Gasteiger partial charge in [0.05, 0.1) is 12.4 Å². The van der Waals surface area contributed by atoms with E-state index in [-0.39, 0.29) is 0 Å². The molecule has 0 spiro atoms. The van der Waals surface area contributed by atoms with Crippen molar-refractivity contribution in [3.63, 3.8) is 0 Å². The third-order valence-electron chi connectivity index (χ3n) is 3.14. The van der Waals surface area contributed by atoms with E-state index < -0.39 is 0 Å². The predicted molar refractivity (Wildman–Crippen MR) is 62.2 cm³/mol. The Morgan fingerprint density at radius 3 is 2.60 bits per heavy atom. The Morgan fingerprint density at radius 1 is 1.53 bits per heavy atom. The fourth-order valence-electron chi connectivity index (χ4n) is 2.02. The van der Waals surface area contributed by atoms with Gasteiger partial charge in [0.1, 0.15) is 0 Å². The zero-order chi connectivity index (χ0) is 11.3. The van der Waals surface area contributed by atoms with Crippen molar-refractivity contribution < 1.29 is 4.74 Å². The summed E-state index contributed by atoms with van der Waals surface area (Å²) in [6.07, 6.45) is 3.20. The van der Waals surface area contributed by atoms with Gasteiger partial charge in [0, 0.05) is 26.6 Å². The first-order valence-corrected chi connectivity index (χ1v) is 5.66. The van der Waals surface area contributed by atoms with E-state index in [1.54, 1.807) is 7.11 Å². The van der Waals surface area contributed by atoms with Gasteiger partial charge in [-0.1, -0.05) is 6.92 Å². The van der Waals surface area contributed by atoms with E-state index in [2.05, 4.69) is 11.8 Å². The lowest BCUT2D eigenvalue weighted by Crippen LogP contribution is -2.34. The monoisotopic (exact) mass is 213 g/mol. The molecule has 0 radical (unpaired) electrons. The summed E-state index contributed by atoms with van der Waals surface area (Å²) in [7, 11) is 1.73. The van der Waals surface area contributed by atoms with Crippen molar-refractivity contribution in [2.45, 2.75) is 26.2 Å². The van der Waals surface area contributed by atoms with Gasteiger partial charge in [-0.3, -0.25) is 5.41 Å². The lowest BCUT2D eigenvalue weighted by Gasteiger charge is -2.25. The minimum atomic E-state index is 0.315. The molecule has 15 heavy (non-hydrogen) atoms. The molecule has 3 N–H and O–H groups in total. The van der Waals surface area contributed by atoms with Crippen LogP contribution in [0.25, 0.3) is 0 Å². The first-order chi connectivity index (χ1) is 7.12. The Hall–Kier alpha value is -0.610. The number of nitrogens with zero attached hydrogens (tertiary/aromatic N) is 1. The maximum absolute atomic E-state index is 7.36.